The number of pyridine rings is 1. The minimum atomic E-state index is 1.03. The second-order valence-corrected chi connectivity index (χ2v) is 5.88. The van der Waals surface area contributed by atoms with E-state index >= 15 is 0 Å². The van der Waals surface area contributed by atoms with Crippen LogP contribution in [0.15, 0.2) is 67.1 Å². The highest BCUT2D eigenvalue weighted by Gasteiger charge is 2.17. The van der Waals surface area contributed by atoms with Crippen LogP contribution in [0.3, 0.4) is 0 Å². The molecule has 5 rings (SSSR count). The first-order valence-electron chi connectivity index (χ1n) is 7.66. The zero-order valence-corrected chi connectivity index (χ0v) is 12.7. The molecule has 0 atom stereocenters. The van der Waals surface area contributed by atoms with Crippen molar-refractivity contribution in [3.05, 3.63) is 67.1 Å². The van der Waals surface area contributed by atoms with Crippen LogP contribution in [0.1, 0.15) is 0 Å². The molecule has 0 amide bonds. The van der Waals surface area contributed by atoms with Crippen LogP contribution in [0.25, 0.3) is 43.8 Å². The van der Waals surface area contributed by atoms with Gasteiger partial charge in [0.05, 0.1) is 18.1 Å². The van der Waals surface area contributed by atoms with Crippen molar-refractivity contribution in [2.75, 3.05) is 0 Å². The van der Waals surface area contributed by atoms with E-state index in [-0.39, 0.29) is 0 Å². The first kappa shape index (κ1) is 12.5. The Kier molecular flexibility index (Phi) is 2.42. The standard InChI is InChI=1S/C20H14N3/c1-23-12-22-16-9-7-14-11-21-20(13-5-3-2-4-6-13)15-8-10-17(23)19(16)18(14)15/h2-12H,1H3/q+1. The number of nitrogens with zero attached hydrogens (tertiary/aromatic N) is 3. The van der Waals surface area contributed by atoms with E-state index in [1.807, 2.05) is 25.6 Å². The topological polar surface area (TPSA) is 29.7 Å². The van der Waals surface area contributed by atoms with E-state index < -0.39 is 0 Å². The monoisotopic (exact) mass is 296 g/mol. The van der Waals surface area contributed by atoms with E-state index in [0.717, 1.165) is 22.2 Å². The zero-order chi connectivity index (χ0) is 15.4. The second kappa shape index (κ2) is 4.46. The molecule has 2 heterocycles. The summed E-state index contributed by atoms with van der Waals surface area (Å²) in [5, 5.41) is 4.80. The van der Waals surface area contributed by atoms with Crippen LogP contribution >= 0.6 is 0 Å². The van der Waals surface area contributed by atoms with Crippen LogP contribution < -0.4 is 4.57 Å². The van der Waals surface area contributed by atoms with E-state index in [0.29, 0.717) is 0 Å². The van der Waals surface area contributed by atoms with Gasteiger partial charge in [-0.1, -0.05) is 30.3 Å². The second-order valence-electron chi connectivity index (χ2n) is 5.88. The number of hydrogen-bond donors (Lipinski definition) is 0. The Bertz CT molecular complexity index is 1160. The minimum Gasteiger partial charge on any atom is -0.255 e. The molecule has 0 saturated carbocycles. The molecule has 0 fully saturated rings. The Balaban J connectivity index is 2.03. The number of benzene rings is 3. The van der Waals surface area contributed by atoms with Crippen molar-refractivity contribution in [3.8, 4) is 11.3 Å². The van der Waals surface area contributed by atoms with Gasteiger partial charge in [-0.2, -0.15) is 0 Å². The lowest BCUT2D eigenvalue weighted by Gasteiger charge is -2.11. The van der Waals surface area contributed by atoms with Crippen LogP contribution in [0, 0.1) is 0 Å². The molecule has 0 spiro atoms. The molecular formula is C20H14N3+. The van der Waals surface area contributed by atoms with Crippen LogP contribution in [0.2, 0.25) is 0 Å². The normalized spacial score (nSPS) is 11.7. The van der Waals surface area contributed by atoms with Crippen molar-refractivity contribution in [1.29, 1.82) is 0 Å². The molecule has 5 aromatic rings. The van der Waals surface area contributed by atoms with Crippen molar-refractivity contribution < 1.29 is 4.57 Å². The van der Waals surface area contributed by atoms with Gasteiger partial charge in [0, 0.05) is 27.9 Å². The van der Waals surface area contributed by atoms with Gasteiger partial charge in [0.15, 0.2) is 5.52 Å². The Morgan fingerprint density at radius 2 is 1.70 bits per heavy atom. The van der Waals surface area contributed by atoms with Crippen molar-refractivity contribution in [3.63, 3.8) is 0 Å². The number of aromatic nitrogens is 3. The summed E-state index contributed by atoms with van der Waals surface area (Å²) in [7, 11) is 2.04. The molecule has 0 radical (unpaired) electrons. The van der Waals surface area contributed by atoms with Gasteiger partial charge in [0.2, 0.25) is 0 Å². The maximum atomic E-state index is 4.73. The molecule has 0 bridgehead atoms. The number of hydrogen-bond acceptors (Lipinski definition) is 2. The smallest absolute Gasteiger partial charge is 0.255 e. The lowest BCUT2D eigenvalue weighted by Crippen LogP contribution is -2.29. The fourth-order valence-corrected chi connectivity index (χ4v) is 3.43. The molecule has 108 valence electrons. The summed E-state index contributed by atoms with van der Waals surface area (Å²) in [6.45, 7) is 0. The van der Waals surface area contributed by atoms with Gasteiger partial charge in [-0.25, -0.2) is 4.57 Å². The maximum Gasteiger partial charge on any atom is 0.287 e. The molecule has 0 aliphatic rings. The van der Waals surface area contributed by atoms with Gasteiger partial charge in [-0.15, -0.1) is 0 Å². The molecule has 0 aliphatic heterocycles. The largest absolute Gasteiger partial charge is 0.287 e. The van der Waals surface area contributed by atoms with E-state index in [1.165, 1.54) is 21.7 Å². The van der Waals surface area contributed by atoms with Crippen molar-refractivity contribution >= 4 is 32.6 Å². The molecular weight excluding hydrogens is 282 g/mol. The highest BCUT2D eigenvalue weighted by molar-refractivity contribution is 6.22. The molecule has 0 aliphatic carbocycles. The quantitative estimate of drug-likeness (QED) is 0.347. The summed E-state index contributed by atoms with van der Waals surface area (Å²) in [4.78, 5) is 9.31. The van der Waals surface area contributed by atoms with Gasteiger partial charge >= 0.3 is 0 Å². The predicted octanol–water partition coefficient (Wildman–Crippen LogP) is 3.87. The first-order chi connectivity index (χ1) is 11.3. The summed E-state index contributed by atoms with van der Waals surface area (Å²) in [5.74, 6) is 0. The highest BCUT2D eigenvalue weighted by Crippen LogP contribution is 2.36. The van der Waals surface area contributed by atoms with Crippen molar-refractivity contribution in [1.82, 2.24) is 9.97 Å². The fourth-order valence-electron chi connectivity index (χ4n) is 3.43. The van der Waals surface area contributed by atoms with Crippen LogP contribution in [0.4, 0.5) is 0 Å². The van der Waals surface area contributed by atoms with Gasteiger partial charge in [-0.3, -0.25) is 4.98 Å². The van der Waals surface area contributed by atoms with Crippen LogP contribution in [-0.2, 0) is 7.05 Å². The lowest BCUT2D eigenvalue weighted by molar-refractivity contribution is -0.647. The Morgan fingerprint density at radius 1 is 0.826 bits per heavy atom. The van der Waals surface area contributed by atoms with E-state index in [4.69, 9.17) is 4.98 Å². The third kappa shape index (κ3) is 1.67. The van der Waals surface area contributed by atoms with Gasteiger partial charge in [0.1, 0.15) is 5.52 Å². The SMILES string of the molecule is C[n+]1cnc2ccc3cnc(-c4ccccc4)c4ccc1c2c34. The Morgan fingerprint density at radius 3 is 2.57 bits per heavy atom. The molecule has 0 unspecified atom stereocenters. The molecule has 3 nitrogen and oxygen atoms in total. The van der Waals surface area contributed by atoms with E-state index in [1.54, 1.807) is 0 Å². The Hall–Kier alpha value is -3.07. The molecule has 0 N–H and O–H groups in total. The molecule has 2 aromatic heterocycles. The fraction of sp³-hybridized carbons (Fsp3) is 0.0500. The summed E-state index contributed by atoms with van der Waals surface area (Å²) in [6, 6.07) is 18.9. The molecule has 3 heteroatoms. The molecule has 0 saturated heterocycles. The summed E-state index contributed by atoms with van der Waals surface area (Å²) in [6.07, 6.45) is 3.84. The third-order valence-corrected chi connectivity index (χ3v) is 4.53. The van der Waals surface area contributed by atoms with Crippen molar-refractivity contribution in [2.45, 2.75) is 0 Å². The third-order valence-electron chi connectivity index (χ3n) is 4.53. The van der Waals surface area contributed by atoms with Gasteiger partial charge in [0.25, 0.3) is 6.33 Å². The van der Waals surface area contributed by atoms with E-state index in [9.17, 15) is 0 Å². The van der Waals surface area contributed by atoms with Gasteiger partial charge < -0.3 is 0 Å². The molecule has 23 heavy (non-hydrogen) atoms. The number of rotatable bonds is 1. The molecule has 3 aromatic carbocycles. The predicted molar refractivity (Wildman–Crippen MR) is 92.3 cm³/mol. The lowest BCUT2D eigenvalue weighted by atomic mass is 9.96. The minimum absolute atomic E-state index is 1.03. The maximum absolute atomic E-state index is 4.73. The summed E-state index contributed by atoms with van der Waals surface area (Å²) >= 11 is 0. The van der Waals surface area contributed by atoms with Crippen LogP contribution in [0.5, 0.6) is 0 Å². The average molecular weight is 296 g/mol. The number of aryl methyl sites for hydroxylation is 1. The van der Waals surface area contributed by atoms with Crippen molar-refractivity contribution in [2.24, 2.45) is 7.05 Å². The summed E-state index contributed by atoms with van der Waals surface area (Å²) < 4.78 is 2.07. The zero-order valence-electron chi connectivity index (χ0n) is 12.7. The van der Waals surface area contributed by atoms with Gasteiger partial charge in [-0.05, 0) is 29.2 Å². The summed E-state index contributed by atoms with van der Waals surface area (Å²) in [5.41, 5.74) is 4.39. The highest BCUT2D eigenvalue weighted by atomic mass is 15.0. The van der Waals surface area contributed by atoms with E-state index in [2.05, 4.69) is 58.1 Å². The first-order valence-corrected chi connectivity index (χ1v) is 7.66. The Labute approximate surface area is 133 Å². The van der Waals surface area contributed by atoms with Crippen LogP contribution in [-0.4, -0.2) is 9.97 Å². The average Bonchev–Trinajstić information content (AvgIpc) is 2.62.